The molecule has 0 aliphatic carbocycles. The molecule has 0 rings (SSSR count). The largest absolute Gasteiger partial charge is 0.401 e. The van der Waals surface area contributed by atoms with Crippen molar-refractivity contribution < 1.29 is 13.2 Å². The molecule has 0 aliphatic rings. The molecule has 1 N–H and O–H groups in total. The van der Waals surface area contributed by atoms with Gasteiger partial charge in [0.15, 0.2) is 0 Å². The van der Waals surface area contributed by atoms with Gasteiger partial charge < -0.3 is 5.32 Å². The van der Waals surface area contributed by atoms with E-state index in [0.717, 1.165) is 6.54 Å². The minimum atomic E-state index is -4.11. The topological polar surface area (TPSA) is 15.3 Å². The molecular weight excluding hydrogens is 217 g/mol. The summed E-state index contributed by atoms with van der Waals surface area (Å²) in [4.78, 5) is 1.44. The van der Waals surface area contributed by atoms with Crippen LogP contribution in [0.4, 0.5) is 13.2 Å². The normalized spacial score (nSPS) is 13.1. The van der Waals surface area contributed by atoms with Crippen LogP contribution in [0, 0.1) is 5.92 Å². The van der Waals surface area contributed by atoms with Gasteiger partial charge in [0.05, 0.1) is 6.54 Å². The Bertz CT molecular complexity index is 179. The fraction of sp³-hybridized carbons (Fsp3) is 1.00. The van der Waals surface area contributed by atoms with Gasteiger partial charge in [-0.1, -0.05) is 13.8 Å². The van der Waals surface area contributed by atoms with Gasteiger partial charge in [0, 0.05) is 19.1 Å². The van der Waals surface area contributed by atoms with E-state index in [1.807, 2.05) is 0 Å². The van der Waals surface area contributed by atoms with Crippen LogP contribution in [0.2, 0.25) is 0 Å². The molecule has 0 saturated heterocycles. The zero-order valence-electron chi connectivity index (χ0n) is 10.6. The van der Waals surface area contributed by atoms with Crippen molar-refractivity contribution in [3.05, 3.63) is 0 Å². The first-order valence-electron chi connectivity index (χ1n) is 5.74. The highest BCUT2D eigenvalue weighted by atomic mass is 19.4. The molecule has 0 atom stereocenters. The highest BCUT2D eigenvalue weighted by molar-refractivity contribution is 4.68. The summed E-state index contributed by atoms with van der Waals surface area (Å²) >= 11 is 0. The summed E-state index contributed by atoms with van der Waals surface area (Å²) in [6.45, 7) is 8.77. The van der Waals surface area contributed by atoms with Crippen molar-refractivity contribution in [2.45, 2.75) is 39.9 Å². The maximum absolute atomic E-state index is 12.2. The average Bonchev–Trinajstić information content (AvgIpc) is 2.07. The third kappa shape index (κ3) is 8.97. The minimum absolute atomic E-state index is 0.0810. The Morgan fingerprint density at radius 3 is 2.06 bits per heavy atom. The van der Waals surface area contributed by atoms with Crippen molar-refractivity contribution in [3.8, 4) is 0 Å². The molecule has 5 heteroatoms. The Balaban J connectivity index is 3.87. The molecule has 0 aromatic heterocycles. The number of hydrogen-bond acceptors (Lipinski definition) is 2. The second kappa shape index (κ2) is 7.12. The van der Waals surface area contributed by atoms with Gasteiger partial charge in [0.2, 0.25) is 0 Å². The van der Waals surface area contributed by atoms with E-state index in [4.69, 9.17) is 0 Å². The first kappa shape index (κ1) is 15.7. The molecule has 0 amide bonds. The number of nitrogens with one attached hydrogen (secondary N) is 1. The lowest BCUT2D eigenvalue weighted by Gasteiger charge is -2.27. The van der Waals surface area contributed by atoms with Crippen LogP contribution in [0.1, 0.15) is 27.7 Å². The lowest BCUT2D eigenvalue weighted by atomic mass is 10.2. The van der Waals surface area contributed by atoms with Crippen molar-refractivity contribution in [2.24, 2.45) is 5.92 Å². The van der Waals surface area contributed by atoms with E-state index in [0.29, 0.717) is 19.0 Å². The summed E-state index contributed by atoms with van der Waals surface area (Å²) in [5.74, 6) is 0.523. The second-order valence-electron chi connectivity index (χ2n) is 4.78. The summed E-state index contributed by atoms with van der Waals surface area (Å²) in [5, 5.41) is 3.15. The Kier molecular flexibility index (Phi) is 6.99. The fourth-order valence-electron chi connectivity index (χ4n) is 1.36. The number of nitrogens with zero attached hydrogens (tertiary/aromatic N) is 1. The Morgan fingerprint density at radius 2 is 1.69 bits per heavy atom. The fourth-order valence-corrected chi connectivity index (χ4v) is 1.36. The highest BCUT2D eigenvalue weighted by Crippen LogP contribution is 2.17. The van der Waals surface area contributed by atoms with Crippen molar-refractivity contribution in [3.63, 3.8) is 0 Å². The van der Waals surface area contributed by atoms with Crippen molar-refractivity contribution in [1.29, 1.82) is 0 Å². The molecule has 0 aliphatic heterocycles. The molecule has 0 fully saturated rings. The zero-order chi connectivity index (χ0) is 12.8. The maximum Gasteiger partial charge on any atom is 0.401 e. The van der Waals surface area contributed by atoms with Gasteiger partial charge >= 0.3 is 6.18 Å². The van der Waals surface area contributed by atoms with E-state index in [1.165, 1.54) is 4.90 Å². The molecular formula is C11H23F3N2. The van der Waals surface area contributed by atoms with Gasteiger partial charge in [-0.3, -0.25) is 4.90 Å². The van der Waals surface area contributed by atoms with Crippen LogP contribution in [0.3, 0.4) is 0 Å². The predicted molar refractivity (Wildman–Crippen MR) is 60.5 cm³/mol. The molecule has 0 spiro atoms. The quantitative estimate of drug-likeness (QED) is 0.688. The van der Waals surface area contributed by atoms with Gasteiger partial charge in [0.1, 0.15) is 0 Å². The lowest BCUT2D eigenvalue weighted by Crippen LogP contribution is -2.43. The molecule has 0 bridgehead atoms. The molecule has 0 aromatic rings. The maximum atomic E-state index is 12.2. The molecule has 0 saturated carbocycles. The Hall–Kier alpha value is -0.290. The van der Waals surface area contributed by atoms with E-state index in [1.54, 1.807) is 13.8 Å². The third-order valence-electron chi connectivity index (χ3n) is 2.24. The van der Waals surface area contributed by atoms with E-state index >= 15 is 0 Å². The smallest absolute Gasteiger partial charge is 0.315 e. The average molecular weight is 240 g/mol. The van der Waals surface area contributed by atoms with Gasteiger partial charge in [0.25, 0.3) is 0 Å². The number of alkyl halides is 3. The monoisotopic (exact) mass is 240 g/mol. The summed E-state index contributed by atoms with van der Waals surface area (Å²) in [5.41, 5.74) is 0. The van der Waals surface area contributed by atoms with Crippen LogP contribution in [-0.2, 0) is 0 Å². The standard InChI is InChI=1S/C11H23F3N2/c1-9(2)7-15-5-6-16(10(3)4)8-11(12,13)14/h9-10,15H,5-8H2,1-4H3. The van der Waals surface area contributed by atoms with Crippen LogP contribution in [-0.4, -0.2) is 43.3 Å². The molecule has 0 radical (unpaired) electrons. The molecule has 98 valence electrons. The van der Waals surface area contributed by atoms with Gasteiger partial charge in [-0.25, -0.2) is 0 Å². The SMILES string of the molecule is CC(C)CNCCN(CC(F)(F)F)C(C)C. The Labute approximate surface area is 96.2 Å². The molecule has 0 aromatic carbocycles. The first-order valence-corrected chi connectivity index (χ1v) is 5.74. The lowest BCUT2D eigenvalue weighted by molar-refractivity contribution is -0.149. The molecule has 2 nitrogen and oxygen atoms in total. The van der Waals surface area contributed by atoms with Crippen LogP contribution >= 0.6 is 0 Å². The van der Waals surface area contributed by atoms with Crippen LogP contribution < -0.4 is 5.32 Å². The van der Waals surface area contributed by atoms with Gasteiger partial charge in [-0.15, -0.1) is 0 Å². The summed E-state index contributed by atoms with van der Waals surface area (Å²) < 4.78 is 36.7. The second-order valence-corrected chi connectivity index (χ2v) is 4.78. The molecule has 0 heterocycles. The molecule has 0 unspecified atom stereocenters. The minimum Gasteiger partial charge on any atom is -0.315 e. The van der Waals surface area contributed by atoms with Crippen LogP contribution in [0.25, 0.3) is 0 Å². The highest BCUT2D eigenvalue weighted by Gasteiger charge is 2.31. The third-order valence-corrected chi connectivity index (χ3v) is 2.24. The van der Waals surface area contributed by atoms with Gasteiger partial charge in [-0.05, 0) is 26.3 Å². The number of rotatable bonds is 7. The Morgan fingerprint density at radius 1 is 1.12 bits per heavy atom. The van der Waals surface area contributed by atoms with Crippen LogP contribution in [0.15, 0.2) is 0 Å². The predicted octanol–water partition coefficient (Wildman–Crippen LogP) is 2.50. The van der Waals surface area contributed by atoms with Crippen molar-refractivity contribution in [1.82, 2.24) is 10.2 Å². The molecule has 16 heavy (non-hydrogen) atoms. The number of halogens is 3. The van der Waals surface area contributed by atoms with Gasteiger partial charge in [-0.2, -0.15) is 13.2 Å². The first-order chi connectivity index (χ1) is 7.22. The van der Waals surface area contributed by atoms with Crippen molar-refractivity contribution in [2.75, 3.05) is 26.2 Å². The van der Waals surface area contributed by atoms with Crippen LogP contribution in [0.5, 0.6) is 0 Å². The van der Waals surface area contributed by atoms with E-state index in [2.05, 4.69) is 19.2 Å². The summed E-state index contributed by atoms with van der Waals surface area (Å²) in [6, 6.07) is -0.0810. The summed E-state index contributed by atoms with van der Waals surface area (Å²) in [6.07, 6.45) is -4.11. The zero-order valence-corrected chi connectivity index (χ0v) is 10.6. The number of hydrogen-bond donors (Lipinski definition) is 1. The van der Waals surface area contributed by atoms with E-state index in [-0.39, 0.29) is 6.04 Å². The van der Waals surface area contributed by atoms with E-state index < -0.39 is 12.7 Å². The van der Waals surface area contributed by atoms with E-state index in [9.17, 15) is 13.2 Å². The summed E-state index contributed by atoms with van der Waals surface area (Å²) in [7, 11) is 0. The van der Waals surface area contributed by atoms with Crippen molar-refractivity contribution >= 4 is 0 Å².